The van der Waals surface area contributed by atoms with Gasteiger partial charge >= 0.3 is 0 Å². The van der Waals surface area contributed by atoms with Crippen LogP contribution in [-0.4, -0.2) is 31.0 Å². The zero-order valence-corrected chi connectivity index (χ0v) is 12.3. The molecule has 2 aromatic heterocycles. The van der Waals surface area contributed by atoms with Crippen molar-refractivity contribution in [2.45, 2.75) is 58.2 Å². The number of nitrogens with zero attached hydrogens (tertiary/aromatic N) is 4. The van der Waals surface area contributed by atoms with E-state index >= 15 is 0 Å². The highest BCUT2D eigenvalue weighted by molar-refractivity contribution is 5.23. The Morgan fingerprint density at radius 1 is 1.45 bits per heavy atom. The molecule has 0 amide bonds. The van der Waals surface area contributed by atoms with Crippen LogP contribution in [0.2, 0.25) is 0 Å². The van der Waals surface area contributed by atoms with Crippen LogP contribution in [-0.2, 0) is 24.9 Å². The molecule has 1 aliphatic heterocycles. The van der Waals surface area contributed by atoms with E-state index in [-0.39, 0.29) is 5.41 Å². The Labute approximate surface area is 119 Å². The van der Waals surface area contributed by atoms with Crippen LogP contribution in [0.4, 0.5) is 0 Å². The molecule has 2 N–H and O–H groups in total. The van der Waals surface area contributed by atoms with Gasteiger partial charge < -0.3 is 5.32 Å². The molecule has 0 spiro atoms. The van der Waals surface area contributed by atoms with Crippen molar-refractivity contribution in [2.24, 2.45) is 0 Å². The number of nitrogens with one attached hydrogen (secondary N) is 2. The fourth-order valence-corrected chi connectivity index (χ4v) is 2.75. The van der Waals surface area contributed by atoms with Crippen LogP contribution in [0.5, 0.6) is 0 Å². The lowest BCUT2D eigenvalue weighted by atomic mass is 9.89. The third-order valence-electron chi connectivity index (χ3n) is 3.85. The second-order valence-corrected chi connectivity index (χ2v) is 6.50. The molecule has 6 nitrogen and oxygen atoms in total. The molecule has 0 saturated heterocycles. The van der Waals surface area contributed by atoms with Crippen molar-refractivity contribution in [1.82, 2.24) is 30.3 Å². The van der Waals surface area contributed by atoms with Crippen LogP contribution < -0.4 is 5.32 Å². The molecular weight excluding hydrogens is 252 g/mol. The molecule has 0 radical (unpaired) electrons. The molecule has 0 saturated carbocycles. The first kappa shape index (κ1) is 13.3. The minimum Gasteiger partial charge on any atom is -0.308 e. The first-order valence-corrected chi connectivity index (χ1v) is 7.17. The Hall–Kier alpha value is -1.69. The van der Waals surface area contributed by atoms with E-state index in [0.29, 0.717) is 6.04 Å². The molecule has 2 aromatic rings. The van der Waals surface area contributed by atoms with E-state index in [9.17, 15) is 0 Å². The predicted octanol–water partition coefficient (Wildman–Crippen LogP) is 1.40. The van der Waals surface area contributed by atoms with E-state index in [1.807, 2.05) is 10.9 Å². The topological polar surface area (TPSA) is 71.4 Å². The number of hydrogen-bond acceptors (Lipinski definition) is 4. The molecule has 0 aliphatic carbocycles. The van der Waals surface area contributed by atoms with Crippen LogP contribution >= 0.6 is 0 Å². The van der Waals surface area contributed by atoms with Crippen LogP contribution in [0.3, 0.4) is 0 Å². The number of H-pyrrole nitrogens is 1. The lowest BCUT2D eigenvalue weighted by Crippen LogP contribution is -2.37. The smallest absolute Gasteiger partial charge is 0.138 e. The van der Waals surface area contributed by atoms with Crippen molar-refractivity contribution in [3.63, 3.8) is 0 Å². The number of fused-ring (bicyclic) bond motifs is 1. The summed E-state index contributed by atoms with van der Waals surface area (Å²) in [6.07, 6.45) is 5.68. The van der Waals surface area contributed by atoms with E-state index in [1.54, 1.807) is 6.33 Å². The molecule has 1 atom stereocenters. The molecule has 6 heteroatoms. The molecule has 0 aromatic carbocycles. The summed E-state index contributed by atoms with van der Waals surface area (Å²) in [5, 5.41) is 15.2. The van der Waals surface area contributed by atoms with Gasteiger partial charge in [0.05, 0.1) is 12.7 Å². The Morgan fingerprint density at radius 2 is 2.30 bits per heavy atom. The number of aromatic nitrogens is 5. The van der Waals surface area contributed by atoms with Crippen molar-refractivity contribution < 1.29 is 0 Å². The minimum atomic E-state index is 0.0964. The quantitative estimate of drug-likeness (QED) is 0.887. The Bertz CT molecular complexity index is 576. The molecule has 0 fully saturated rings. The molecule has 20 heavy (non-hydrogen) atoms. The summed E-state index contributed by atoms with van der Waals surface area (Å²) in [5.74, 6) is 1.10. The summed E-state index contributed by atoms with van der Waals surface area (Å²) in [7, 11) is 0. The number of aryl methyl sites for hydroxylation is 1. The van der Waals surface area contributed by atoms with Gasteiger partial charge in [-0.05, 0) is 6.42 Å². The first-order chi connectivity index (χ1) is 9.54. The molecular formula is C14H22N6. The van der Waals surface area contributed by atoms with Crippen LogP contribution in [0, 0.1) is 0 Å². The van der Waals surface area contributed by atoms with Gasteiger partial charge in [-0.1, -0.05) is 20.8 Å². The third kappa shape index (κ3) is 2.60. The molecule has 3 heterocycles. The van der Waals surface area contributed by atoms with Gasteiger partial charge in [-0.2, -0.15) is 10.2 Å². The van der Waals surface area contributed by atoms with Gasteiger partial charge in [-0.15, -0.1) is 0 Å². The molecule has 1 aliphatic rings. The second kappa shape index (κ2) is 5.01. The lowest BCUT2D eigenvalue weighted by Gasteiger charge is -2.24. The lowest BCUT2D eigenvalue weighted by molar-refractivity contribution is 0.357. The monoisotopic (exact) mass is 274 g/mol. The summed E-state index contributed by atoms with van der Waals surface area (Å²) in [6, 6.07) is 0.451. The van der Waals surface area contributed by atoms with Crippen molar-refractivity contribution >= 4 is 0 Å². The summed E-state index contributed by atoms with van der Waals surface area (Å²) in [4.78, 5) is 4.26. The largest absolute Gasteiger partial charge is 0.308 e. The van der Waals surface area contributed by atoms with Gasteiger partial charge in [-0.3, -0.25) is 5.10 Å². The van der Waals surface area contributed by atoms with Gasteiger partial charge in [0.15, 0.2) is 0 Å². The maximum Gasteiger partial charge on any atom is 0.138 e. The van der Waals surface area contributed by atoms with Gasteiger partial charge in [-0.25, -0.2) is 9.67 Å². The van der Waals surface area contributed by atoms with Crippen LogP contribution in [0.25, 0.3) is 0 Å². The highest BCUT2D eigenvalue weighted by Gasteiger charge is 2.22. The fourth-order valence-electron chi connectivity index (χ4n) is 2.75. The average molecular weight is 274 g/mol. The SMILES string of the molecule is CC(C)(C)c1[nH]ncc1CNC1CCc2ncnn2C1. The Balaban J connectivity index is 1.63. The third-order valence-corrected chi connectivity index (χ3v) is 3.85. The van der Waals surface area contributed by atoms with E-state index in [1.165, 1.54) is 11.3 Å². The van der Waals surface area contributed by atoms with Gasteiger partial charge in [0, 0.05) is 35.7 Å². The van der Waals surface area contributed by atoms with Crippen molar-refractivity contribution in [3.8, 4) is 0 Å². The summed E-state index contributed by atoms with van der Waals surface area (Å²) < 4.78 is 2.00. The highest BCUT2D eigenvalue weighted by atomic mass is 15.3. The maximum atomic E-state index is 4.26. The Kier molecular flexibility index (Phi) is 3.33. The van der Waals surface area contributed by atoms with E-state index < -0.39 is 0 Å². The minimum absolute atomic E-state index is 0.0964. The number of hydrogen-bond donors (Lipinski definition) is 2. The zero-order chi connectivity index (χ0) is 14.2. The summed E-state index contributed by atoms with van der Waals surface area (Å²) in [5.41, 5.74) is 2.56. The maximum absolute atomic E-state index is 4.26. The standard InChI is InChI=1S/C14H22N6/c1-14(2,3)13-10(7-17-19-13)6-15-11-4-5-12-16-9-18-20(12)8-11/h7,9,11,15H,4-6,8H2,1-3H3,(H,17,19). The molecule has 0 bridgehead atoms. The van der Waals surface area contributed by atoms with Crippen molar-refractivity contribution in [3.05, 3.63) is 29.6 Å². The first-order valence-electron chi connectivity index (χ1n) is 7.17. The van der Waals surface area contributed by atoms with Crippen LogP contribution in [0.15, 0.2) is 12.5 Å². The number of rotatable bonds is 3. The average Bonchev–Trinajstić information content (AvgIpc) is 3.03. The number of aromatic amines is 1. The summed E-state index contributed by atoms with van der Waals surface area (Å²) >= 11 is 0. The normalized spacial score (nSPS) is 19.1. The Morgan fingerprint density at radius 3 is 3.10 bits per heavy atom. The predicted molar refractivity (Wildman–Crippen MR) is 76.3 cm³/mol. The van der Waals surface area contributed by atoms with Crippen LogP contribution in [0.1, 0.15) is 44.3 Å². The fraction of sp³-hybridized carbons (Fsp3) is 0.643. The highest BCUT2D eigenvalue weighted by Crippen LogP contribution is 2.23. The van der Waals surface area contributed by atoms with E-state index in [0.717, 1.165) is 31.8 Å². The van der Waals surface area contributed by atoms with Gasteiger partial charge in [0.25, 0.3) is 0 Å². The van der Waals surface area contributed by atoms with Crippen molar-refractivity contribution in [1.29, 1.82) is 0 Å². The van der Waals surface area contributed by atoms with Gasteiger partial charge in [0.1, 0.15) is 12.2 Å². The van der Waals surface area contributed by atoms with Crippen molar-refractivity contribution in [2.75, 3.05) is 0 Å². The summed E-state index contributed by atoms with van der Waals surface area (Å²) in [6.45, 7) is 8.35. The van der Waals surface area contributed by atoms with E-state index in [4.69, 9.17) is 0 Å². The molecule has 3 rings (SSSR count). The van der Waals surface area contributed by atoms with Gasteiger partial charge in [0.2, 0.25) is 0 Å². The molecule has 1 unspecified atom stereocenters. The second-order valence-electron chi connectivity index (χ2n) is 6.50. The van der Waals surface area contributed by atoms with E-state index in [2.05, 4.69) is 46.4 Å². The molecule has 108 valence electrons. The zero-order valence-electron chi connectivity index (χ0n) is 12.3.